The molecular weight excluding hydrogens is 494 g/mol. The van der Waals surface area contributed by atoms with Gasteiger partial charge in [-0.25, -0.2) is 4.79 Å². The first-order valence-corrected chi connectivity index (χ1v) is 11.9. The smallest absolute Gasteiger partial charge is 0.336 e. The highest BCUT2D eigenvalue weighted by Crippen LogP contribution is 2.43. The van der Waals surface area contributed by atoms with Gasteiger partial charge < -0.3 is 9.47 Å². The number of carbonyl (C=O) groups excluding carboxylic acids is 4. The lowest BCUT2D eigenvalue weighted by Crippen LogP contribution is -2.36. The third-order valence-electron chi connectivity index (χ3n) is 6.61. The van der Waals surface area contributed by atoms with E-state index in [0.29, 0.717) is 16.8 Å². The number of benzene rings is 2. The summed E-state index contributed by atoms with van der Waals surface area (Å²) < 4.78 is 10.4. The number of esters is 2. The van der Waals surface area contributed by atoms with Crippen LogP contribution in [0.25, 0.3) is 0 Å². The van der Waals surface area contributed by atoms with Crippen LogP contribution in [0.3, 0.4) is 0 Å². The second-order valence-corrected chi connectivity index (χ2v) is 8.84. The number of fused-ring (bicyclic) bond motifs is 1. The maximum Gasteiger partial charge on any atom is 0.336 e. The van der Waals surface area contributed by atoms with E-state index in [1.165, 1.54) is 25.3 Å². The molecule has 0 bridgehead atoms. The summed E-state index contributed by atoms with van der Waals surface area (Å²) >= 11 is 0. The van der Waals surface area contributed by atoms with Gasteiger partial charge in [0.1, 0.15) is 5.92 Å². The van der Waals surface area contributed by atoms with E-state index in [-0.39, 0.29) is 42.1 Å². The number of nitro groups is 1. The number of carbonyl (C=O) groups is 4. The molecule has 2 aliphatic rings. The van der Waals surface area contributed by atoms with Gasteiger partial charge in [0.25, 0.3) is 17.5 Å². The van der Waals surface area contributed by atoms with Gasteiger partial charge in [-0.1, -0.05) is 30.3 Å². The van der Waals surface area contributed by atoms with E-state index in [1.54, 1.807) is 44.2 Å². The monoisotopic (exact) mass is 519 g/mol. The number of rotatable bonds is 8. The van der Waals surface area contributed by atoms with Crippen LogP contribution in [0, 0.1) is 16.0 Å². The molecular formula is C27H25N3O8. The third-order valence-corrected chi connectivity index (χ3v) is 6.61. The van der Waals surface area contributed by atoms with E-state index < -0.39 is 40.5 Å². The average Bonchev–Trinajstić information content (AvgIpc) is 3.14. The highest BCUT2D eigenvalue weighted by Gasteiger charge is 2.44. The van der Waals surface area contributed by atoms with E-state index >= 15 is 0 Å². The zero-order valence-corrected chi connectivity index (χ0v) is 21.0. The number of hydrogen-bond acceptors (Lipinski definition) is 9. The molecule has 0 spiro atoms. The summed E-state index contributed by atoms with van der Waals surface area (Å²) in [5.74, 6) is -4.47. The molecule has 2 atom stereocenters. The first-order valence-electron chi connectivity index (χ1n) is 11.9. The lowest BCUT2D eigenvalue weighted by Gasteiger charge is -2.31. The molecule has 11 heteroatoms. The summed E-state index contributed by atoms with van der Waals surface area (Å²) in [6, 6.07) is 12.4. The van der Waals surface area contributed by atoms with Crippen molar-refractivity contribution in [2.24, 2.45) is 10.9 Å². The number of imide groups is 1. The van der Waals surface area contributed by atoms with Crippen molar-refractivity contribution < 1.29 is 33.6 Å². The Balaban J connectivity index is 1.55. The SMILES string of the molecule is COC(=O)C1C(C)=NC(C)=C(C(=O)OCCCN2C(=O)c3ccccc3C2=O)C1c1ccccc1[N+](=O)[O-]. The van der Waals surface area contributed by atoms with Crippen molar-refractivity contribution in [1.29, 1.82) is 0 Å². The van der Waals surface area contributed by atoms with E-state index in [1.807, 2.05) is 0 Å². The van der Waals surface area contributed by atoms with Gasteiger partial charge in [0, 0.05) is 35.5 Å². The number of amides is 2. The minimum Gasteiger partial charge on any atom is -0.468 e. The van der Waals surface area contributed by atoms with Gasteiger partial charge in [-0.3, -0.25) is 34.4 Å². The Morgan fingerprint density at radius 1 is 1.03 bits per heavy atom. The standard InChI is InChI=1S/C27H25N3O8/c1-15-21(26(33)37-3)23(19-11-6-7-12-20(19)30(35)36)22(16(2)28-15)27(34)38-14-8-13-29-24(31)17-9-4-5-10-18(17)25(29)32/h4-7,9-12,21,23H,8,13-14H2,1-3H3. The van der Waals surface area contributed by atoms with Crippen molar-refractivity contribution in [3.63, 3.8) is 0 Å². The summed E-state index contributed by atoms with van der Waals surface area (Å²) in [7, 11) is 1.19. The van der Waals surface area contributed by atoms with E-state index in [0.717, 1.165) is 4.90 Å². The lowest BCUT2D eigenvalue weighted by atomic mass is 9.75. The Hall–Kier alpha value is -4.67. The largest absolute Gasteiger partial charge is 0.468 e. The van der Waals surface area contributed by atoms with Crippen LogP contribution in [0.4, 0.5) is 5.69 Å². The summed E-state index contributed by atoms with van der Waals surface area (Å²) in [6.45, 7) is 3.05. The minimum absolute atomic E-state index is 0.000954. The number of nitro benzene ring substituents is 1. The van der Waals surface area contributed by atoms with Crippen molar-refractivity contribution in [3.8, 4) is 0 Å². The second kappa shape index (κ2) is 10.8. The fourth-order valence-corrected chi connectivity index (χ4v) is 4.89. The molecule has 0 N–H and O–H groups in total. The zero-order chi connectivity index (χ0) is 27.6. The van der Waals surface area contributed by atoms with Gasteiger partial charge in [0.15, 0.2) is 0 Å². The fraction of sp³-hybridized carbons (Fsp3) is 0.296. The molecule has 2 heterocycles. The Morgan fingerprint density at radius 3 is 2.24 bits per heavy atom. The summed E-state index contributed by atoms with van der Waals surface area (Å²) in [4.78, 5) is 67.8. The van der Waals surface area contributed by atoms with Crippen molar-refractivity contribution >= 4 is 35.2 Å². The molecule has 2 aliphatic heterocycles. The molecule has 2 aromatic rings. The Bertz CT molecular complexity index is 1380. The van der Waals surface area contributed by atoms with E-state index in [4.69, 9.17) is 9.47 Å². The molecule has 0 aliphatic carbocycles. The van der Waals surface area contributed by atoms with E-state index in [2.05, 4.69) is 4.99 Å². The molecule has 0 aromatic heterocycles. The summed E-state index contributed by atoms with van der Waals surface area (Å²) in [6.07, 6.45) is 0.169. The number of nitrogens with zero attached hydrogens (tertiary/aromatic N) is 3. The second-order valence-electron chi connectivity index (χ2n) is 8.84. The van der Waals surface area contributed by atoms with Crippen LogP contribution in [0.1, 0.15) is 52.5 Å². The van der Waals surface area contributed by atoms with Crippen LogP contribution >= 0.6 is 0 Å². The maximum atomic E-state index is 13.3. The van der Waals surface area contributed by atoms with E-state index in [9.17, 15) is 29.3 Å². The number of methoxy groups -OCH3 is 1. The van der Waals surface area contributed by atoms with Gasteiger partial charge in [-0.05, 0) is 32.4 Å². The van der Waals surface area contributed by atoms with Crippen LogP contribution in [0.2, 0.25) is 0 Å². The van der Waals surface area contributed by atoms with Gasteiger partial charge in [-0.15, -0.1) is 0 Å². The number of allylic oxidation sites excluding steroid dienone is 1. The molecule has 196 valence electrons. The molecule has 0 fully saturated rings. The van der Waals surface area contributed by atoms with Crippen LogP contribution in [0.15, 0.2) is 64.8 Å². The molecule has 2 amide bonds. The molecule has 0 radical (unpaired) electrons. The van der Waals surface area contributed by atoms with Crippen LogP contribution in [-0.2, 0) is 19.1 Å². The van der Waals surface area contributed by atoms with Gasteiger partial charge in [-0.2, -0.15) is 0 Å². The zero-order valence-electron chi connectivity index (χ0n) is 21.0. The first kappa shape index (κ1) is 26.4. The van der Waals surface area contributed by atoms with Crippen molar-refractivity contribution in [1.82, 2.24) is 4.90 Å². The van der Waals surface area contributed by atoms with Gasteiger partial charge >= 0.3 is 11.9 Å². The average molecular weight is 520 g/mol. The Kier molecular flexibility index (Phi) is 7.47. The van der Waals surface area contributed by atoms with Crippen molar-refractivity contribution in [3.05, 3.63) is 86.6 Å². The number of aliphatic imine (C=N–C) groups is 1. The summed E-state index contributed by atoms with van der Waals surface area (Å²) in [5, 5.41) is 11.8. The minimum atomic E-state index is -1.08. The summed E-state index contributed by atoms with van der Waals surface area (Å²) in [5.41, 5.74) is 1.15. The van der Waals surface area contributed by atoms with Crippen molar-refractivity contribution in [2.75, 3.05) is 20.3 Å². The van der Waals surface area contributed by atoms with Crippen LogP contribution in [0.5, 0.6) is 0 Å². The fourth-order valence-electron chi connectivity index (χ4n) is 4.89. The quantitative estimate of drug-likeness (QED) is 0.169. The van der Waals surface area contributed by atoms with Gasteiger partial charge in [0.05, 0.1) is 35.3 Å². The van der Waals surface area contributed by atoms with Gasteiger partial charge in [0.2, 0.25) is 0 Å². The third kappa shape index (κ3) is 4.70. The molecule has 11 nitrogen and oxygen atoms in total. The van der Waals surface area contributed by atoms with Crippen LogP contribution < -0.4 is 0 Å². The Labute approximate surface area is 217 Å². The van der Waals surface area contributed by atoms with Crippen LogP contribution in [-0.4, -0.2) is 59.5 Å². The first-order chi connectivity index (χ1) is 18.2. The molecule has 0 saturated heterocycles. The predicted molar refractivity (Wildman–Crippen MR) is 135 cm³/mol. The normalized spacial score (nSPS) is 18.7. The number of ether oxygens (including phenoxy) is 2. The molecule has 2 unspecified atom stereocenters. The number of para-hydroxylation sites is 1. The topological polar surface area (TPSA) is 145 Å². The number of hydrogen-bond donors (Lipinski definition) is 0. The van der Waals surface area contributed by atoms with Crippen molar-refractivity contribution in [2.45, 2.75) is 26.2 Å². The molecule has 38 heavy (non-hydrogen) atoms. The Morgan fingerprint density at radius 2 is 1.63 bits per heavy atom. The molecule has 0 saturated carbocycles. The highest BCUT2D eigenvalue weighted by atomic mass is 16.6. The highest BCUT2D eigenvalue weighted by molar-refractivity contribution is 6.21. The molecule has 4 rings (SSSR count). The lowest BCUT2D eigenvalue weighted by molar-refractivity contribution is -0.385. The maximum absolute atomic E-state index is 13.3. The molecule has 2 aromatic carbocycles. The predicted octanol–water partition coefficient (Wildman–Crippen LogP) is 3.45.